The van der Waals surface area contributed by atoms with Gasteiger partial charge in [0.2, 0.25) is 0 Å². The summed E-state index contributed by atoms with van der Waals surface area (Å²) in [5, 5.41) is 5.51. The molecule has 0 saturated carbocycles. The number of nitrogens with zero attached hydrogens (tertiary/aromatic N) is 4. The van der Waals surface area contributed by atoms with Crippen molar-refractivity contribution in [3.05, 3.63) is 35.7 Å². The van der Waals surface area contributed by atoms with Crippen LogP contribution < -0.4 is 5.73 Å². The first-order valence-corrected chi connectivity index (χ1v) is 6.64. The van der Waals surface area contributed by atoms with Crippen LogP contribution in [0.5, 0.6) is 0 Å². The SMILES string of the molecule is Cc1ncc(-c2nn(C)c(N)c2-c2cccnc2)s1. The second kappa shape index (κ2) is 4.47. The van der Waals surface area contributed by atoms with Crippen molar-refractivity contribution >= 4 is 17.2 Å². The van der Waals surface area contributed by atoms with E-state index in [1.165, 1.54) is 0 Å². The summed E-state index contributed by atoms with van der Waals surface area (Å²) in [6, 6.07) is 3.88. The quantitative estimate of drug-likeness (QED) is 0.777. The lowest BCUT2D eigenvalue weighted by Gasteiger charge is -2.01. The van der Waals surface area contributed by atoms with E-state index in [0.29, 0.717) is 5.82 Å². The Balaban J connectivity index is 2.24. The minimum Gasteiger partial charge on any atom is -0.383 e. The minimum absolute atomic E-state index is 0.633. The molecule has 3 aromatic heterocycles. The van der Waals surface area contributed by atoms with Crippen LogP contribution in [0, 0.1) is 6.92 Å². The Labute approximate surface area is 114 Å². The van der Waals surface area contributed by atoms with E-state index >= 15 is 0 Å². The molecule has 0 aliphatic heterocycles. The molecule has 0 aliphatic rings. The van der Waals surface area contributed by atoms with Crippen molar-refractivity contribution in [2.75, 3.05) is 5.73 Å². The Kier molecular flexibility index (Phi) is 2.79. The van der Waals surface area contributed by atoms with E-state index in [0.717, 1.165) is 26.7 Å². The van der Waals surface area contributed by atoms with Gasteiger partial charge in [0.15, 0.2) is 0 Å². The molecule has 0 atom stereocenters. The van der Waals surface area contributed by atoms with Crippen molar-refractivity contribution in [2.24, 2.45) is 7.05 Å². The second-order valence-corrected chi connectivity index (χ2v) is 5.45. The fourth-order valence-electron chi connectivity index (χ4n) is 1.98. The zero-order valence-corrected chi connectivity index (χ0v) is 11.5. The Morgan fingerprint density at radius 3 is 2.79 bits per heavy atom. The van der Waals surface area contributed by atoms with Crippen LogP contribution in [0.25, 0.3) is 21.7 Å². The van der Waals surface area contributed by atoms with Crippen LogP contribution in [0.2, 0.25) is 0 Å². The molecule has 3 rings (SSSR count). The van der Waals surface area contributed by atoms with Gasteiger partial charge in [0, 0.05) is 31.2 Å². The Morgan fingerprint density at radius 1 is 1.32 bits per heavy atom. The highest BCUT2D eigenvalue weighted by Gasteiger charge is 2.18. The van der Waals surface area contributed by atoms with Gasteiger partial charge in [0.25, 0.3) is 0 Å². The molecule has 0 unspecified atom stereocenters. The van der Waals surface area contributed by atoms with Gasteiger partial charge in [-0.15, -0.1) is 11.3 Å². The maximum absolute atomic E-state index is 6.14. The van der Waals surface area contributed by atoms with E-state index in [9.17, 15) is 0 Å². The highest BCUT2D eigenvalue weighted by molar-refractivity contribution is 7.15. The smallest absolute Gasteiger partial charge is 0.130 e. The third kappa shape index (κ3) is 2.00. The number of nitrogens with two attached hydrogens (primary N) is 1. The molecular formula is C13H13N5S. The van der Waals surface area contributed by atoms with Gasteiger partial charge < -0.3 is 5.73 Å². The number of thiazole rings is 1. The van der Waals surface area contributed by atoms with Gasteiger partial charge in [-0.05, 0) is 13.0 Å². The zero-order valence-electron chi connectivity index (χ0n) is 10.7. The molecule has 0 amide bonds. The molecular weight excluding hydrogens is 258 g/mol. The number of nitrogen functional groups attached to an aromatic ring is 1. The van der Waals surface area contributed by atoms with Crippen molar-refractivity contribution < 1.29 is 0 Å². The zero-order chi connectivity index (χ0) is 13.4. The largest absolute Gasteiger partial charge is 0.383 e. The molecule has 96 valence electrons. The predicted molar refractivity (Wildman–Crippen MR) is 76.7 cm³/mol. The molecule has 0 bridgehead atoms. The molecule has 2 N–H and O–H groups in total. The third-order valence-electron chi connectivity index (χ3n) is 2.90. The van der Waals surface area contributed by atoms with E-state index in [2.05, 4.69) is 15.1 Å². The van der Waals surface area contributed by atoms with Crippen LogP contribution >= 0.6 is 11.3 Å². The minimum atomic E-state index is 0.633. The summed E-state index contributed by atoms with van der Waals surface area (Å²) in [7, 11) is 1.84. The maximum Gasteiger partial charge on any atom is 0.130 e. The van der Waals surface area contributed by atoms with Crippen molar-refractivity contribution in [3.63, 3.8) is 0 Å². The molecule has 0 radical (unpaired) electrons. The van der Waals surface area contributed by atoms with E-state index in [1.54, 1.807) is 28.4 Å². The van der Waals surface area contributed by atoms with Crippen molar-refractivity contribution in [1.29, 1.82) is 0 Å². The summed E-state index contributed by atoms with van der Waals surface area (Å²) >= 11 is 1.61. The molecule has 0 aromatic carbocycles. The van der Waals surface area contributed by atoms with Crippen LogP contribution in [0.15, 0.2) is 30.7 Å². The molecule has 0 fully saturated rings. The number of aromatic nitrogens is 4. The molecule has 0 spiro atoms. The van der Waals surface area contributed by atoms with Crippen LogP contribution in [0.3, 0.4) is 0 Å². The van der Waals surface area contributed by atoms with Crippen molar-refractivity contribution in [3.8, 4) is 21.7 Å². The second-order valence-electron chi connectivity index (χ2n) is 4.22. The standard InChI is InChI=1S/C13H13N5S/c1-8-16-7-10(19-8)12-11(13(14)18(2)17-12)9-4-3-5-15-6-9/h3-7H,14H2,1-2H3. The summed E-state index contributed by atoms with van der Waals surface area (Å²) in [5.74, 6) is 0.633. The van der Waals surface area contributed by atoms with Crippen LogP contribution in [0.1, 0.15) is 5.01 Å². The molecule has 5 nitrogen and oxygen atoms in total. The summed E-state index contributed by atoms with van der Waals surface area (Å²) in [6.07, 6.45) is 5.37. The summed E-state index contributed by atoms with van der Waals surface area (Å²) < 4.78 is 1.69. The average molecular weight is 271 g/mol. The van der Waals surface area contributed by atoms with E-state index < -0.39 is 0 Å². The Hall–Kier alpha value is -2.21. The topological polar surface area (TPSA) is 69.6 Å². The summed E-state index contributed by atoms with van der Waals surface area (Å²) in [6.45, 7) is 1.98. The highest BCUT2D eigenvalue weighted by atomic mass is 32.1. The average Bonchev–Trinajstić information content (AvgIpc) is 2.96. The summed E-state index contributed by atoms with van der Waals surface area (Å²) in [4.78, 5) is 9.44. The van der Waals surface area contributed by atoms with E-state index in [4.69, 9.17) is 5.73 Å². The van der Waals surface area contributed by atoms with Crippen LogP contribution in [0.4, 0.5) is 5.82 Å². The molecule has 6 heteroatoms. The number of pyridine rings is 1. The van der Waals surface area contributed by atoms with Crippen molar-refractivity contribution in [2.45, 2.75) is 6.92 Å². The number of aryl methyl sites for hydroxylation is 2. The van der Waals surface area contributed by atoms with Gasteiger partial charge in [-0.1, -0.05) is 6.07 Å². The van der Waals surface area contributed by atoms with Crippen LogP contribution in [-0.4, -0.2) is 19.7 Å². The van der Waals surface area contributed by atoms with Gasteiger partial charge in [-0.25, -0.2) is 4.98 Å². The van der Waals surface area contributed by atoms with E-state index in [-0.39, 0.29) is 0 Å². The van der Waals surface area contributed by atoms with E-state index in [1.807, 2.05) is 32.3 Å². The van der Waals surface area contributed by atoms with Crippen molar-refractivity contribution in [1.82, 2.24) is 19.7 Å². The molecule has 19 heavy (non-hydrogen) atoms. The normalized spacial score (nSPS) is 10.8. The molecule has 0 aliphatic carbocycles. The first kappa shape index (κ1) is 11.9. The lowest BCUT2D eigenvalue weighted by molar-refractivity contribution is 0.783. The monoisotopic (exact) mass is 271 g/mol. The Bertz CT molecular complexity index is 714. The lowest BCUT2D eigenvalue weighted by atomic mass is 10.1. The first-order valence-electron chi connectivity index (χ1n) is 5.82. The highest BCUT2D eigenvalue weighted by Crippen LogP contribution is 2.37. The third-order valence-corrected chi connectivity index (χ3v) is 3.82. The number of hydrogen-bond donors (Lipinski definition) is 1. The predicted octanol–water partition coefficient (Wildman–Crippen LogP) is 2.50. The fourth-order valence-corrected chi connectivity index (χ4v) is 2.74. The lowest BCUT2D eigenvalue weighted by Crippen LogP contribution is -1.98. The molecule has 0 saturated heterocycles. The van der Waals surface area contributed by atoms with Gasteiger partial charge in [0.05, 0.1) is 15.4 Å². The van der Waals surface area contributed by atoms with Gasteiger partial charge in [-0.3, -0.25) is 9.67 Å². The summed E-state index contributed by atoms with van der Waals surface area (Å²) in [5.41, 5.74) is 8.88. The number of rotatable bonds is 2. The fraction of sp³-hybridized carbons (Fsp3) is 0.154. The molecule has 3 aromatic rings. The maximum atomic E-state index is 6.14. The van der Waals surface area contributed by atoms with Gasteiger partial charge in [0.1, 0.15) is 11.5 Å². The number of anilines is 1. The number of hydrogen-bond acceptors (Lipinski definition) is 5. The van der Waals surface area contributed by atoms with Crippen LogP contribution in [-0.2, 0) is 7.05 Å². The first-order chi connectivity index (χ1) is 9.16. The Morgan fingerprint density at radius 2 is 2.16 bits per heavy atom. The molecule has 3 heterocycles. The van der Waals surface area contributed by atoms with Gasteiger partial charge >= 0.3 is 0 Å². The van der Waals surface area contributed by atoms with Gasteiger partial charge in [-0.2, -0.15) is 5.10 Å².